The standard InChI is InChI=1S/C23H20FN5S/c24-16-7-5-6-15(12-16)22-26-27-23-29(22)13-28(14-30-23)21-17-8-1-3-10-19(17)25-20-11-4-2-9-18(20)21/h1,3,5-8,10,12H,2,4,9,11,13-14H2. The molecular weight excluding hydrogens is 397 g/mol. The van der Waals surface area contributed by atoms with E-state index in [4.69, 9.17) is 4.98 Å². The zero-order valence-electron chi connectivity index (χ0n) is 16.4. The van der Waals surface area contributed by atoms with Crippen molar-refractivity contribution in [3.63, 3.8) is 0 Å². The molecule has 0 spiro atoms. The van der Waals surface area contributed by atoms with Crippen LogP contribution in [-0.2, 0) is 19.5 Å². The van der Waals surface area contributed by atoms with E-state index in [2.05, 4.69) is 43.9 Å². The molecule has 0 saturated heterocycles. The van der Waals surface area contributed by atoms with Gasteiger partial charge in [0.15, 0.2) is 11.0 Å². The molecule has 150 valence electrons. The minimum absolute atomic E-state index is 0.264. The SMILES string of the molecule is Fc1cccc(-c2nnc3n2CN(c2c4c(nc5ccccc25)CCCC4)CS3)c1. The summed E-state index contributed by atoms with van der Waals surface area (Å²) in [7, 11) is 0. The number of hydrogen-bond acceptors (Lipinski definition) is 5. The highest BCUT2D eigenvalue weighted by molar-refractivity contribution is 7.99. The van der Waals surface area contributed by atoms with Crippen LogP contribution in [0.5, 0.6) is 0 Å². The maximum atomic E-state index is 13.8. The van der Waals surface area contributed by atoms with Gasteiger partial charge in [0, 0.05) is 16.6 Å². The lowest BCUT2D eigenvalue weighted by molar-refractivity contribution is 0.600. The second kappa shape index (κ2) is 7.09. The van der Waals surface area contributed by atoms with Gasteiger partial charge in [-0.05, 0) is 49.4 Å². The zero-order valence-corrected chi connectivity index (χ0v) is 17.2. The fourth-order valence-electron chi connectivity index (χ4n) is 4.55. The maximum Gasteiger partial charge on any atom is 0.194 e. The number of pyridine rings is 1. The van der Waals surface area contributed by atoms with E-state index >= 15 is 0 Å². The molecule has 2 aromatic heterocycles. The molecule has 0 radical (unpaired) electrons. The number of benzene rings is 2. The van der Waals surface area contributed by atoms with Crippen molar-refractivity contribution in [3.8, 4) is 11.4 Å². The van der Waals surface area contributed by atoms with Crippen molar-refractivity contribution in [2.45, 2.75) is 37.5 Å². The second-order valence-corrected chi connectivity index (χ2v) is 8.72. The summed E-state index contributed by atoms with van der Waals surface area (Å²) in [5.41, 5.74) is 5.70. The van der Waals surface area contributed by atoms with Gasteiger partial charge < -0.3 is 4.90 Å². The molecule has 0 N–H and O–H groups in total. The first-order valence-electron chi connectivity index (χ1n) is 10.3. The average molecular weight is 418 g/mol. The molecule has 2 aromatic carbocycles. The molecule has 0 fully saturated rings. The highest BCUT2D eigenvalue weighted by Gasteiger charge is 2.27. The quantitative estimate of drug-likeness (QED) is 0.457. The van der Waals surface area contributed by atoms with E-state index in [0.29, 0.717) is 12.5 Å². The van der Waals surface area contributed by atoms with Crippen molar-refractivity contribution >= 4 is 28.4 Å². The van der Waals surface area contributed by atoms with Crippen molar-refractivity contribution in [3.05, 3.63) is 65.6 Å². The number of aromatic nitrogens is 4. The highest BCUT2D eigenvalue weighted by Crippen LogP contribution is 2.39. The summed E-state index contributed by atoms with van der Waals surface area (Å²) in [6, 6.07) is 15.0. The third-order valence-corrected chi connectivity index (χ3v) is 6.92. The predicted molar refractivity (Wildman–Crippen MR) is 117 cm³/mol. The molecule has 2 aliphatic rings. The Kier molecular flexibility index (Phi) is 4.23. The maximum absolute atomic E-state index is 13.8. The van der Waals surface area contributed by atoms with Crippen molar-refractivity contribution in [2.75, 3.05) is 10.8 Å². The van der Waals surface area contributed by atoms with Crippen LogP contribution in [0.3, 0.4) is 0 Å². The molecule has 0 amide bonds. The lowest BCUT2D eigenvalue weighted by Crippen LogP contribution is -2.32. The Morgan fingerprint density at radius 3 is 2.80 bits per heavy atom. The Morgan fingerprint density at radius 1 is 0.967 bits per heavy atom. The summed E-state index contributed by atoms with van der Waals surface area (Å²) in [6.07, 6.45) is 4.51. The molecule has 3 heterocycles. The van der Waals surface area contributed by atoms with E-state index in [9.17, 15) is 4.39 Å². The van der Waals surface area contributed by atoms with Crippen molar-refractivity contribution in [2.24, 2.45) is 0 Å². The van der Waals surface area contributed by atoms with Crippen LogP contribution in [0.2, 0.25) is 0 Å². The number of thioether (sulfide) groups is 1. The molecular formula is C23H20FN5S. The van der Waals surface area contributed by atoms with E-state index in [1.807, 2.05) is 6.07 Å². The fraction of sp³-hybridized carbons (Fsp3) is 0.261. The van der Waals surface area contributed by atoms with Gasteiger partial charge in [0.2, 0.25) is 0 Å². The molecule has 5 nitrogen and oxygen atoms in total. The van der Waals surface area contributed by atoms with E-state index in [0.717, 1.165) is 35.0 Å². The molecule has 0 saturated carbocycles. The van der Waals surface area contributed by atoms with Crippen LogP contribution in [0.4, 0.5) is 10.1 Å². The van der Waals surface area contributed by atoms with E-state index < -0.39 is 0 Å². The summed E-state index contributed by atoms with van der Waals surface area (Å²) in [4.78, 5) is 7.37. The lowest BCUT2D eigenvalue weighted by atomic mass is 9.92. The molecule has 7 heteroatoms. The number of para-hydroxylation sites is 1. The van der Waals surface area contributed by atoms with E-state index in [-0.39, 0.29) is 5.82 Å². The molecule has 1 aliphatic carbocycles. The second-order valence-electron chi connectivity index (χ2n) is 7.81. The number of fused-ring (bicyclic) bond motifs is 3. The first-order chi connectivity index (χ1) is 14.8. The Hall–Kier alpha value is -2.93. The van der Waals surface area contributed by atoms with Crippen LogP contribution in [0.1, 0.15) is 24.1 Å². The van der Waals surface area contributed by atoms with Crippen molar-refractivity contribution in [1.82, 2.24) is 19.7 Å². The summed E-state index contributed by atoms with van der Waals surface area (Å²) in [5.74, 6) is 1.25. The van der Waals surface area contributed by atoms with Crippen LogP contribution in [-0.4, -0.2) is 25.6 Å². The van der Waals surface area contributed by atoms with Gasteiger partial charge in [-0.3, -0.25) is 9.55 Å². The number of halogens is 1. The molecule has 30 heavy (non-hydrogen) atoms. The summed E-state index contributed by atoms with van der Waals surface area (Å²) in [6.45, 7) is 0.641. The summed E-state index contributed by atoms with van der Waals surface area (Å²) >= 11 is 1.67. The van der Waals surface area contributed by atoms with Gasteiger partial charge in [0.1, 0.15) is 5.82 Å². The predicted octanol–water partition coefficient (Wildman–Crippen LogP) is 5.04. The number of anilines is 1. The van der Waals surface area contributed by atoms with Crippen molar-refractivity contribution < 1.29 is 4.39 Å². The van der Waals surface area contributed by atoms with Crippen LogP contribution in [0.25, 0.3) is 22.3 Å². The Bertz CT molecular complexity index is 1270. The smallest absolute Gasteiger partial charge is 0.194 e. The van der Waals surface area contributed by atoms with Gasteiger partial charge in [-0.15, -0.1) is 10.2 Å². The number of rotatable bonds is 2. The van der Waals surface area contributed by atoms with Crippen LogP contribution in [0, 0.1) is 5.82 Å². The molecule has 1 aliphatic heterocycles. The molecule has 4 aromatic rings. The third-order valence-electron chi connectivity index (χ3n) is 5.92. The molecule has 0 bridgehead atoms. The van der Waals surface area contributed by atoms with Gasteiger partial charge in [-0.2, -0.15) is 0 Å². The minimum Gasteiger partial charge on any atom is -0.343 e. The van der Waals surface area contributed by atoms with Crippen LogP contribution in [0.15, 0.2) is 53.7 Å². The topological polar surface area (TPSA) is 46.8 Å². The van der Waals surface area contributed by atoms with Gasteiger partial charge in [0.25, 0.3) is 0 Å². The largest absolute Gasteiger partial charge is 0.343 e. The van der Waals surface area contributed by atoms with E-state index in [1.54, 1.807) is 17.8 Å². The summed E-state index contributed by atoms with van der Waals surface area (Å²) in [5, 5.41) is 10.8. The van der Waals surface area contributed by atoms with Gasteiger partial charge in [-0.1, -0.05) is 42.1 Å². The Morgan fingerprint density at radius 2 is 1.87 bits per heavy atom. The third kappa shape index (κ3) is 2.88. The van der Waals surface area contributed by atoms with Gasteiger partial charge >= 0.3 is 0 Å². The van der Waals surface area contributed by atoms with Gasteiger partial charge in [-0.25, -0.2) is 4.39 Å². The molecule has 0 unspecified atom stereocenters. The van der Waals surface area contributed by atoms with Crippen LogP contribution >= 0.6 is 11.8 Å². The molecule has 6 rings (SSSR count). The zero-order chi connectivity index (χ0) is 20.1. The number of aryl methyl sites for hydroxylation is 1. The Labute approximate surface area is 178 Å². The van der Waals surface area contributed by atoms with Crippen molar-refractivity contribution in [1.29, 1.82) is 0 Å². The number of hydrogen-bond donors (Lipinski definition) is 0. The number of nitrogens with zero attached hydrogens (tertiary/aromatic N) is 5. The molecule has 0 atom stereocenters. The monoisotopic (exact) mass is 417 g/mol. The fourth-order valence-corrected chi connectivity index (χ4v) is 5.44. The first-order valence-corrected chi connectivity index (χ1v) is 11.2. The van der Waals surface area contributed by atoms with Crippen LogP contribution < -0.4 is 4.90 Å². The van der Waals surface area contributed by atoms with Gasteiger partial charge in [0.05, 0.1) is 23.7 Å². The Balaban J connectivity index is 1.48. The normalized spacial score (nSPS) is 15.8. The first kappa shape index (κ1) is 17.9. The highest BCUT2D eigenvalue weighted by atomic mass is 32.2. The van der Waals surface area contributed by atoms with E-state index in [1.165, 1.54) is 47.3 Å². The minimum atomic E-state index is -0.264. The average Bonchev–Trinajstić information content (AvgIpc) is 3.20. The summed E-state index contributed by atoms with van der Waals surface area (Å²) < 4.78 is 15.9. The lowest BCUT2D eigenvalue weighted by Gasteiger charge is -2.33.